The highest BCUT2D eigenvalue weighted by Crippen LogP contribution is 2.29. The fourth-order valence-corrected chi connectivity index (χ4v) is 3.65. The minimum absolute atomic E-state index is 0.306. The van der Waals surface area contributed by atoms with Crippen molar-refractivity contribution in [2.75, 3.05) is 11.1 Å². The Morgan fingerprint density at radius 1 is 0.839 bits per heavy atom. The first-order valence-electron chi connectivity index (χ1n) is 9.34. The van der Waals surface area contributed by atoms with Crippen molar-refractivity contribution in [1.29, 1.82) is 0 Å². The maximum Gasteiger partial charge on any atom is 0.255 e. The Kier molecular flexibility index (Phi) is 5.95. The Morgan fingerprint density at radius 2 is 1.52 bits per heavy atom. The van der Waals surface area contributed by atoms with Crippen LogP contribution in [0.25, 0.3) is 11.1 Å². The van der Waals surface area contributed by atoms with Gasteiger partial charge < -0.3 is 11.1 Å². The van der Waals surface area contributed by atoms with Gasteiger partial charge >= 0.3 is 0 Å². The van der Waals surface area contributed by atoms with E-state index in [2.05, 4.69) is 10.3 Å². The van der Waals surface area contributed by atoms with Gasteiger partial charge in [-0.25, -0.2) is 13.8 Å². The van der Waals surface area contributed by atoms with E-state index in [1.807, 2.05) is 6.07 Å². The average Bonchev–Trinajstić information content (AvgIpc) is 2.78. The summed E-state index contributed by atoms with van der Waals surface area (Å²) in [5, 5.41) is 3.48. The second kappa shape index (κ2) is 8.97. The summed E-state index contributed by atoms with van der Waals surface area (Å²) in [6, 6.07) is 21.3. The molecule has 0 unspecified atom stereocenters. The summed E-state index contributed by atoms with van der Waals surface area (Å²) in [5.41, 5.74) is 9.01. The minimum atomic E-state index is -0.390. The molecule has 1 heterocycles. The fraction of sp³-hybridized carbons (Fsp3) is 0. The van der Waals surface area contributed by atoms with Crippen molar-refractivity contribution in [3.63, 3.8) is 0 Å². The van der Waals surface area contributed by atoms with Crippen molar-refractivity contribution in [3.05, 3.63) is 102 Å². The van der Waals surface area contributed by atoms with Crippen LogP contribution < -0.4 is 11.1 Å². The molecule has 0 aliphatic rings. The van der Waals surface area contributed by atoms with Gasteiger partial charge in [0, 0.05) is 10.5 Å². The Morgan fingerprint density at radius 3 is 2.19 bits per heavy atom. The second-order valence-electron chi connectivity index (χ2n) is 6.70. The molecule has 0 bridgehead atoms. The van der Waals surface area contributed by atoms with Crippen LogP contribution in [0, 0.1) is 11.6 Å². The molecule has 0 saturated carbocycles. The Balaban J connectivity index is 1.48. The minimum Gasteiger partial charge on any atom is -0.397 e. The molecule has 3 aromatic carbocycles. The number of amides is 1. The topological polar surface area (TPSA) is 68.0 Å². The predicted octanol–water partition coefficient (Wildman–Crippen LogP) is 6.01. The number of nitrogens with two attached hydrogens (primary N) is 1. The molecule has 1 aromatic heterocycles. The quantitative estimate of drug-likeness (QED) is 0.378. The van der Waals surface area contributed by atoms with E-state index < -0.39 is 0 Å². The van der Waals surface area contributed by atoms with Gasteiger partial charge in [-0.05, 0) is 71.8 Å². The van der Waals surface area contributed by atoms with Crippen molar-refractivity contribution in [2.45, 2.75) is 9.92 Å². The number of benzene rings is 3. The average molecular weight is 433 g/mol. The zero-order chi connectivity index (χ0) is 21.8. The molecule has 0 saturated heterocycles. The van der Waals surface area contributed by atoms with Crippen molar-refractivity contribution in [1.82, 2.24) is 4.98 Å². The van der Waals surface area contributed by atoms with Crippen LogP contribution in [0.15, 0.2) is 95.0 Å². The SMILES string of the molecule is Nc1ccc(-c2ccc(F)cc2)cc1NC(=O)c1ccc(Sc2ccc(F)cn2)cc1. The van der Waals surface area contributed by atoms with Gasteiger partial charge in [-0.1, -0.05) is 30.0 Å². The highest BCUT2D eigenvalue weighted by Gasteiger charge is 2.10. The number of anilines is 2. The Hall–Kier alpha value is -3.71. The zero-order valence-electron chi connectivity index (χ0n) is 16.2. The molecule has 4 rings (SSSR count). The number of nitrogens with zero attached hydrogens (tertiary/aromatic N) is 1. The molecule has 31 heavy (non-hydrogen) atoms. The number of nitrogens with one attached hydrogen (secondary N) is 1. The van der Waals surface area contributed by atoms with Crippen LogP contribution in [-0.2, 0) is 0 Å². The lowest BCUT2D eigenvalue weighted by Gasteiger charge is -2.11. The normalized spacial score (nSPS) is 10.6. The summed E-state index contributed by atoms with van der Waals surface area (Å²) >= 11 is 1.37. The number of aromatic nitrogens is 1. The van der Waals surface area contributed by atoms with Crippen LogP contribution in [0.1, 0.15) is 10.4 Å². The third-order valence-corrected chi connectivity index (χ3v) is 5.48. The molecule has 0 aliphatic carbocycles. The van der Waals surface area contributed by atoms with Gasteiger partial charge in [0.1, 0.15) is 16.7 Å². The Labute approximate surface area is 182 Å². The lowest BCUT2D eigenvalue weighted by molar-refractivity contribution is 0.102. The van der Waals surface area contributed by atoms with Crippen LogP contribution >= 0.6 is 11.8 Å². The van der Waals surface area contributed by atoms with Crippen LogP contribution in [0.5, 0.6) is 0 Å². The van der Waals surface area contributed by atoms with Crippen molar-refractivity contribution in [3.8, 4) is 11.1 Å². The fourth-order valence-electron chi connectivity index (χ4n) is 2.90. The van der Waals surface area contributed by atoms with Gasteiger partial charge in [0.05, 0.1) is 17.6 Å². The number of nitrogen functional groups attached to an aromatic ring is 1. The summed E-state index contributed by atoms with van der Waals surface area (Å²) in [6.07, 6.45) is 1.16. The third kappa shape index (κ3) is 5.07. The van der Waals surface area contributed by atoms with E-state index in [-0.39, 0.29) is 17.5 Å². The smallest absolute Gasteiger partial charge is 0.255 e. The summed E-state index contributed by atoms with van der Waals surface area (Å²) in [4.78, 5) is 17.6. The number of hydrogen-bond acceptors (Lipinski definition) is 4. The number of halogens is 2. The number of carbonyl (C=O) groups excluding carboxylic acids is 1. The first kappa shape index (κ1) is 20.6. The van der Waals surface area contributed by atoms with Gasteiger partial charge in [0.2, 0.25) is 0 Å². The first-order valence-corrected chi connectivity index (χ1v) is 10.2. The van der Waals surface area contributed by atoms with Gasteiger partial charge in [-0.3, -0.25) is 4.79 Å². The third-order valence-electron chi connectivity index (χ3n) is 4.52. The maximum atomic E-state index is 13.2. The summed E-state index contributed by atoms with van der Waals surface area (Å²) in [7, 11) is 0. The van der Waals surface area contributed by atoms with Crippen molar-refractivity contribution in [2.24, 2.45) is 0 Å². The molecule has 4 aromatic rings. The Bertz CT molecular complexity index is 1210. The summed E-state index contributed by atoms with van der Waals surface area (Å²) in [5.74, 6) is -1.01. The van der Waals surface area contributed by atoms with Gasteiger partial charge in [-0.15, -0.1) is 0 Å². The molecular weight excluding hydrogens is 416 g/mol. The number of pyridine rings is 1. The van der Waals surface area contributed by atoms with E-state index in [9.17, 15) is 13.6 Å². The molecule has 4 nitrogen and oxygen atoms in total. The molecule has 0 aliphatic heterocycles. The molecule has 0 radical (unpaired) electrons. The monoisotopic (exact) mass is 433 g/mol. The standard InChI is InChI=1S/C24H17F2N3OS/c25-18-6-1-15(2-7-18)17-5-11-21(27)22(13-17)29-24(30)16-3-9-20(10-4-16)31-23-12-8-19(26)14-28-23/h1-14H,27H2,(H,29,30). The first-order chi connectivity index (χ1) is 15.0. The lowest BCUT2D eigenvalue weighted by Crippen LogP contribution is -2.13. The maximum absolute atomic E-state index is 13.2. The molecule has 0 atom stereocenters. The molecule has 7 heteroatoms. The number of rotatable bonds is 5. The van der Waals surface area contributed by atoms with Crippen molar-refractivity contribution >= 4 is 29.0 Å². The van der Waals surface area contributed by atoms with Gasteiger partial charge in [0.15, 0.2) is 0 Å². The van der Waals surface area contributed by atoms with E-state index in [1.165, 1.54) is 30.0 Å². The molecule has 0 fully saturated rings. The molecular formula is C24H17F2N3OS. The van der Waals surface area contributed by atoms with Crippen LogP contribution in [0.2, 0.25) is 0 Å². The van der Waals surface area contributed by atoms with Gasteiger partial charge in [-0.2, -0.15) is 0 Å². The van der Waals surface area contributed by atoms with Crippen LogP contribution in [0.3, 0.4) is 0 Å². The largest absolute Gasteiger partial charge is 0.397 e. The number of carbonyl (C=O) groups is 1. The zero-order valence-corrected chi connectivity index (χ0v) is 17.0. The highest BCUT2D eigenvalue weighted by molar-refractivity contribution is 7.99. The highest BCUT2D eigenvalue weighted by atomic mass is 32.2. The molecule has 154 valence electrons. The van der Waals surface area contributed by atoms with E-state index in [1.54, 1.807) is 54.6 Å². The van der Waals surface area contributed by atoms with Gasteiger partial charge in [0.25, 0.3) is 5.91 Å². The lowest BCUT2D eigenvalue weighted by atomic mass is 10.0. The van der Waals surface area contributed by atoms with E-state index in [0.29, 0.717) is 22.0 Å². The second-order valence-corrected chi connectivity index (χ2v) is 7.80. The molecule has 1 amide bonds. The van der Waals surface area contributed by atoms with E-state index >= 15 is 0 Å². The van der Waals surface area contributed by atoms with E-state index in [0.717, 1.165) is 22.2 Å². The number of hydrogen-bond donors (Lipinski definition) is 2. The molecule has 0 spiro atoms. The predicted molar refractivity (Wildman–Crippen MR) is 119 cm³/mol. The van der Waals surface area contributed by atoms with E-state index in [4.69, 9.17) is 5.73 Å². The molecule has 3 N–H and O–H groups in total. The van der Waals surface area contributed by atoms with Crippen molar-refractivity contribution < 1.29 is 13.6 Å². The van der Waals surface area contributed by atoms with Crippen LogP contribution in [-0.4, -0.2) is 10.9 Å². The summed E-state index contributed by atoms with van der Waals surface area (Å²) < 4.78 is 26.1. The summed E-state index contributed by atoms with van der Waals surface area (Å²) in [6.45, 7) is 0. The van der Waals surface area contributed by atoms with Crippen LogP contribution in [0.4, 0.5) is 20.2 Å².